The third-order valence-electron chi connectivity index (χ3n) is 2.16. The van der Waals surface area contributed by atoms with Crippen LogP contribution in [0, 0.1) is 21.4 Å². The van der Waals surface area contributed by atoms with Crippen molar-refractivity contribution in [3.63, 3.8) is 0 Å². The summed E-state index contributed by atoms with van der Waals surface area (Å²) in [7, 11) is 0. The lowest BCUT2D eigenvalue weighted by Gasteiger charge is -2.03. The van der Waals surface area contributed by atoms with Crippen molar-refractivity contribution in [2.45, 2.75) is 9.92 Å². The summed E-state index contributed by atoms with van der Waals surface area (Å²) in [6.45, 7) is 0. The number of rotatable bonds is 3. The van der Waals surface area contributed by atoms with E-state index in [9.17, 15) is 10.1 Å². The van der Waals surface area contributed by atoms with Crippen LogP contribution in [0.15, 0.2) is 52.5 Å². The van der Waals surface area contributed by atoms with Crippen molar-refractivity contribution in [2.75, 3.05) is 0 Å². The number of hydrogen-bond acceptors (Lipinski definition) is 5. The standard InChI is InChI=1S/C12H7N3O2S/c13-8-9-4-3-7-14-12(9)18-11-6-2-1-5-10(11)15(16)17/h1-7H. The van der Waals surface area contributed by atoms with Gasteiger partial charge in [0.05, 0.1) is 15.4 Å². The van der Waals surface area contributed by atoms with Crippen molar-refractivity contribution >= 4 is 17.4 Å². The van der Waals surface area contributed by atoms with Gasteiger partial charge in [-0.15, -0.1) is 0 Å². The number of nitriles is 1. The monoisotopic (exact) mass is 257 g/mol. The smallest absolute Gasteiger partial charge is 0.258 e. The molecular formula is C12H7N3O2S. The summed E-state index contributed by atoms with van der Waals surface area (Å²) < 4.78 is 0. The number of benzene rings is 1. The van der Waals surface area contributed by atoms with Crippen molar-refractivity contribution in [2.24, 2.45) is 0 Å². The Kier molecular flexibility index (Phi) is 3.55. The molecule has 0 bridgehead atoms. The van der Waals surface area contributed by atoms with E-state index in [0.29, 0.717) is 15.5 Å². The highest BCUT2D eigenvalue weighted by Gasteiger charge is 2.15. The zero-order chi connectivity index (χ0) is 13.0. The molecule has 0 amide bonds. The molecule has 0 saturated heterocycles. The second-order valence-electron chi connectivity index (χ2n) is 3.29. The summed E-state index contributed by atoms with van der Waals surface area (Å²) in [6.07, 6.45) is 1.55. The molecule has 88 valence electrons. The lowest BCUT2D eigenvalue weighted by molar-refractivity contribution is -0.387. The fourth-order valence-electron chi connectivity index (χ4n) is 1.36. The van der Waals surface area contributed by atoms with E-state index in [1.54, 1.807) is 36.5 Å². The molecule has 1 aromatic carbocycles. The Morgan fingerprint density at radius 3 is 2.78 bits per heavy atom. The molecule has 0 saturated carbocycles. The van der Waals surface area contributed by atoms with Gasteiger partial charge in [0.25, 0.3) is 5.69 Å². The summed E-state index contributed by atoms with van der Waals surface area (Å²) in [4.78, 5) is 15.0. The van der Waals surface area contributed by atoms with E-state index in [-0.39, 0.29) is 5.69 Å². The molecule has 0 N–H and O–H groups in total. The van der Waals surface area contributed by atoms with Crippen LogP contribution in [-0.4, -0.2) is 9.91 Å². The highest BCUT2D eigenvalue weighted by molar-refractivity contribution is 7.99. The highest BCUT2D eigenvalue weighted by Crippen LogP contribution is 2.34. The summed E-state index contributed by atoms with van der Waals surface area (Å²) >= 11 is 1.12. The van der Waals surface area contributed by atoms with Crippen LogP contribution < -0.4 is 0 Å². The number of hydrogen-bond donors (Lipinski definition) is 0. The molecular weight excluding hydrogens is 250 g/mol. The first-order valence-electron chi connectivity index (χ1n) is 4.99. The molecule has 2 aromatic rings. The summed E-state index contributed by atoms with van der Waals surface area (Å²) in [5.41, 5.74) is 0.415. The second-order valence-corrected chi connectivity index (χ2v) is 4.33. The summed E-state index contributed by atoms with van der Waals surface area (Å²) in [5.74, 6) is 0. The molecule has 1 aromatic heterocycles. The molecule has 0 unspecified atom stereocenters. The lowest BCUT2D eigenvalue weighted by atomic mass is 10.3. The average Bonchev–Trinajstić information content (AvgIpc) is 2.40. The second kappa shape index (κ2) is 5.29. The molecule has 5 nitrogen and oxygen atoms in total. The van der Waals surface area contributed by atoms with Gasteiger partial charge < -0.3 is 0 Å². The van der Waals surface area contributed by atoms with Gasteiger partial charge in [-0.25, -0.2) is 4.98 Å². The van der Waals surface area contributed by atoms with Gasteiger partial charge in [0.1, 0.15) is 11.1 Å². The highest BCUT2D eigenvalue weighted by atomic mass is 32.2. The Morgan fingerprint density at radius 2 is 2.06 bits per heavy atom. The SMILES string of the molecule is N#Cc1cccnc1Sc1ccccc1[N+](=O)[O-]. The summed E-state index contributed by atoms with van der Waals surface area (Å²) in [6, 6.07) is 11.7. The van der Waals surface area contributed by atoms with E-state index >= 15 is 0 Å². The molecule has 0 aliphatic heterocycles. The van der Waals surface area contributed by atoms with Crippen LogP contribution >= 0.6 is 11.8 Å². The minimum atomic E-state index is -0.447. The molecule has 0 fully saturated rings. The van der Waals surface area contributed by atoms with Crippen LogP contribution in [-0.2, 0) is 0 Å². The first-order valence-corrected chi connectivity index (χ1v) is 5.80. The van der Waals surface area contributed by atoms with E-state index in [2.05, 4.69) is 4.98 Å². The Morgan fingerprint density at radius 1 is 1.28 bits per heavy atom. The minimum absolute atomic E-state index is 0.0112. The first kappa shape index (κ1) is 12.1. The number of para-hydroxylation sites is 1. The average molecular weight is 257 g/mol. The molecule has 0 spiro atoms. The third-order valence-corrected chi connectivity index (χ3v) is 3.24. The van der Waals surface area contributed by atoms with Crippen molar-refractivity contribution in [3.05, 3.63) is 58.3 Å². The zero-order valence-corrected chi connectivity index (χ0v) is 9.92. The van der Waals surface area contributed by atoms with Crippen LogP contribution in [0.5, 0.6) is 0 Å². The Bertz CT molecular complexity index is 637. The van der Waals surface area contributed by atoms with Gasteiger partial charge in [0.2, 0.25) is 0 Å². The summed E-state index contributed by atoms with van der Waals surface area (Å²) in [5, 5.41) is 20.3. The van der Waals surface area contributed by atoms with Gasteiger partial charge in [0.15, 0.2) is 0 Å². The van der Waals surface area contributed by atoms with Crippen molar-refractivity contribution in [1.29, 1.82) is 5.26 Å². The molecule has 2 rings (SSSR count). The number of pyridine rings is 1. The maximum absolute atomic E-state index is 10.9. The fraction of sp³-hybridized carbons (Fsp3) is 0. The van der Waals surface area contributed by atoms with Crippen molar-refractivity contribution in [3.8, 4) is 6.07 Å². The van der Waals surface area contributed by atoms with Gasteiger partial charge in [-0.05, 0) is 18.2 Å². The predicted molar refractivity (Wildman–Crippen MR) is 66.2 cm³/mol. The minimum Gasteiger partial charge on any atom is -0.258 e. The fourth-order valence-corrected chi connectivity index (χ4v) is 2.29. The van der Waals surface area contributed by atoms with Crippen LogP contribution in [0.4, 0.5) is 5.69 Å². The Hall–Kier alpha value is -2.39. The van der Waals surface area contributed by atoms with E-state index < -0.39 is 4.92 Å². The normalized spacial score (nSPS) is 9.72. The molecule has 1 heterocycles. The van der Waals surface area contributed by atoms with Crippen molar-refractivity contribution < 1.29 is 4.92 Å². The maximum Gasteiger partial charge on any atom is 0.283 e. The number of aromatic nitrogens is 1. The zero-order valence-electron chi connectivity index (χ0n) is 9.11. The van der Waals surface area contributed by atoms with Gasteiger partial charge in [-0.1, -0.05) is 23.9 Å². The topological polar surface area (TPSA) is 79.8 Å². The Labute approximate surface area is 107 Å². The molecule has 0 radical (unpaired) electrons. The van der Waals surface area contributed by atoms with Gasteiger partial charge in [-0.3, -0.25) is 10.1 Å². The van der Waals surface area contributed by atoms with E-state index in [4.69, 9.17) is 5.26 Å². The maximum atomic E-state index is 10.9. The van der Waals surface area contributed by atoms with E-state index in [0.717, 1.165) is 11.8 Å². The quantitative estimate of drug-likeness (QED) is 0.623. The Balaban J connectivity index is 2.41. The lowest BCUT2D eigenvalue weighted by Crippen LogP contribution is -1.91. The molecule has 18 heavy (non-hydrogen) atoms. The molecule has 0 aliphatic rings. The number of nitro benzene ring substituents is 1. The van der Waals surface area contributed by atoms with Gasteiger partial charge >= 0.3 is 0 Å². The van der Waals surface area contributed by atoms with E-state index in [1.165, 1.54) is 6.07 Å². The first-order chi connectivity index (χ1) is 8.72. The van der Waals surface area contributed by atoms with E-state index in [1.807, 2.05) is 6.07 Å². The molecule has 0 atom stereocenters. The van der Waals surface area contributed by atoms with Crippen LogP contribution in [0.3, 0.4) is 0 Å². The number of nitro groups is 1. The van der Waals surface area contributed by atoms with Crippen LogP contribution in [0.1, 0.15) is 5.56 Å². The molecule has 6 heteroatoms. The van der Waals surface area contributed by atoms with Crippen molar-refractivity contribution in [1.82, 2.24) is 4.98 Å². The van der Waals surface area contributed by atoms with Crippen LogP contribution in [0.25, 0.3) is 0 Å². The van der Waals surface area contributed by atoms with Crippen LogP contribution in [0.2, 0.25) is 0 Å². The predicted octanol–water partition coefficient (Wildman–Crippen LogP) is 3.01. The third kappa shape index (κ3) is 2.47. The van der Waals surface area contributed by atoms with Gasteiger partial charge in [0, 0.05) is 12.3 Å². The van der Waals surface area contributed by atoms with Gasteiger partial charge in [-0.2, -0.15) is 5.26 Å². The largest absolute Gasteiger partial charge is 0.283 e. The molecule has 0 aliphatic carbocycles. The number of nitrogens with zero attached hydrogens (tertiary/aromatic N) is 3.